The summed E-state index contributed by atoms with van der Waals surface area (Å²) in [6.45, 7) is 0. The van der Waals surface area contributed by atoms with Crippen LogP contribution in [0.4, 0.5) is 68.2 Å². The molecule has 0 fully saturated rings. The maximum Gasteiger partial charge on any atom is 0.0713 e. The van der Waals surface area contributed by atoms with Gasteiger partial charge >= 0.3 is 0 Å². The number of para-hydroxylation sites is 2. The van der Waals surface area contributed by atoms with Gasteiger partial charge in [-0.1, -0.05) is 388 Å². The summed E-state index contributed by atoms with van der Waals surface area (Å²) in [5.41, 5.74) is 36.8. The predicted molar refractivity (Wildman–Crippen MR) is 527 cm³/mol. The molecule has 592 valence electrons. The second-order valence-electron chi connectivity index (χ2n) is 31.5. The largest absolute Gasteiger partial charge is 0.311 e. The first kappa shape index (κ1) is 77.2. The number of anilines is 12. The molecule has 4 heteroatoms. The fraction of sp³-hybridized carbons (Fsp3) is 0.00826. The van der Waals surface area contributed by atoms with Crippen LogP contribution in [0.3, 0.4) is 0 Å². The lowest BCUT2D eigenvalue weighted by Gasteiger charge is -2.35. The molecule has 21 rings (SSSR count). The van der Waals surface area contributed by atoms with Crippen LogP contribution in [-0.4, -0.2) is 0 Å². The van der Waals surface area contributed by atoms with E-state index < -0.39 is 5.41 Å². The van der Waals surface area contributed by atoms with E-state index in [0.29, 0.717) is 0 Å². The third kappa shape index (κ3) is 16.0. The first-order chi connectivity index (χ1) is 62.0. The van der Waals surface area contributed by atoms with Crippen LogP contribution >= 0.6 is 0 Å². The highest BCUT2D eigenvalue weighted by molar-refractivity contribution is 5.90. The fourth-order valence-electron chi connectivity index (χ4n) is 17.9. The number of nitrogens with zero attached hydrogens (tertiary/aromatic N) is 4. The van der Waals surface area contributed by atoms with E-state index in [0.717, 1.165) is 68.2 Å². The van der Waals surface area contributed by atoms with Gasteiger partial charge in [-0.15, -0.1) is 0 Å². The monoisotopic (exact) mass is 1600 g/mol. The maximum absolute atomic E-state index is 2.37. The Morgan fingerprint density at radius 3 is 0.408 bits per heavy atom. The molecule has 0 N–H and O–H groups in total. The van der Waals surface area contributed by atoms with Gasteiger partial charge in [0.25, 0.3) is 0 Å². The topological polar surface area (TPSA) is 13.0 Å². The highest BCUT2D eigenvalue weighted by Gasteiger charge is 2.46. The zero-order chi connectivity index (χ0) is 83.5. The van der Waals surface area contributed by atoms with E-state index in [9.17, 15) is 0 Å². The van der Waals surface area contributed by atoms with Crippen molar-refractivity contribution in [3.8, 4) is 89.0 Å². The summed E-state index contributed by atoms with van der Waals surface area (Å²) < 4.78 is 0. The van der Waals surface area contributed by atoms with Gasteiger partial charge in [-0.3, -0.25) is 0 Å². The quantitative estimate of drug-likeness (QED) is 0.0711. The molecule has 0 radical (unpaired) electrons. The van der Waals surface area contributed by atoms with Crippen LogP contribution in [0.25, 0.3) is 89.0 Å². The Labute approximate surface area is 733 Å². The van der Waals surface area contributed by atoms with E-state index in [1.165, 1.54) is 111 Å². The summed E-state index contributed by atoms with van der Waals surface area (Å²) >= 11 is 0. The molecular formula is C121H88N4. The Morgan fingerprint density at radius 1 is 0.104 bits per heavy atom. The summed E-state index contributed by atoms with van der Waals surface area (Å²) in [6, 6.07) is 192. The number of rotatable bonds is 21. The standard InChI is InChI=1S/C73H52N2.C48H36N2/c1-5-17-53(18-6-1)57-29-41-63(42-30-57)74(64-43-31-58(32-44-64)54-19-7-2-8-20-54)67-49-37-61(38-50-67)73(71-27-15-13-25-69(71)70-26-14-16-28-72(70)73)62-39-51-68(52-40-62)75(65-45-33-59(34-46-65)55-21-9-3-10-22-55)66-47-35-60(36-48-66)56-23-11-4-12-24-56;1-5-13-37(14-6-1)39-21-29-45(30-22-39)49(43-17-9-3-10-18-43)47-33-25-41(26-34-47)42-27-35-48(36-28-42)50(44-19-11-4-12-20-44)46-31-23-40(24-32-46)38-15-7-2-8-16-38/h1-52H;1-36H. The number of benzene rings is 20. The van der Waals surface area contributed by atoms with Gasteiger partial charge in [0.15, 0.2) is 0 Å². The van der Waals surface area contributed by atoms with Crippen LogP contribution in [-0.2, 0) is 5.41 Å². The van der Waals surface area contributed by atoms with Crippen LogP contribution in [0.2, 0.25) is 0 Å². The number of hydrogen-bond acceptors (Lipinski definition) is 4. The van der Waals surface area contributed by atoms with Crippen LogP contribution in [0.5, 0.6) is 0 Å². The minimum Gasteiger partial charge on any atom is -0.311 e. The van der Waals surface area contributed by atoms with Gasteiger partial charge in [0, 0.05) is 68.2 Å². The second kappa shape index (κ2) is 35.5. The molecule has 0 amide bonds. The SMILES string of the molecule is c1ccc(-c2ccc(N(c3ccc(-c4ccccc4)cc3)c3ccc(C4(c5ccc(N(c6ccc(-c7ccccc7)cc6)c6ccc(-c7ccccc7)cc6)cc5)c5ccccc5-c5ccccc54)cc3)cc2)cc1.c1ccc(-c2ccc(N(c3ccccc3)c3ccc(-c4ccc(N(c5ccccc5)c5ccc(-c6ccccc6)cc5)cc4)cc3)cc2)cc1. The maximum atomic E-state index is 2.37. The van der Waals surface area contributed by atoms with Crippen molar-refractivity contribution in [2.45, 2.75) is 5.41 Å². The first-order valence-electron chi connectivity index (χ1n) is 42.8. The summed E-state index contributed by atoms with van der Waals surface area (Å²) in [5.74, 6) is 0. The van der Waals surface area contributed by atoms with Gasteiger partial charge < -0.3 is 19.6 Å². The Morgan fingerprint density at radius 2 is 0.232 bits per heavy atom. The molecule has 0 aliphatic heterocycles. The van der Waals surface area contributed by atoms with Gasteiger partial charge in [0.2, 0.25) is 0 Å². The Balaban J connectivity index is 0.000000171. The summed E-state index contributed by atoms with van der Waals surface area (Å²) in [7, 11) is 0. The van der Waals surface area contributed by atoms with Crippen molar-refractivity contribution >= 4 is 68.2 Å². The second-order valence-corrected chi connectivity index (χ2v) is 31.5. The normalized spacial score (nSPS) is 11.6. The molecule has 125 heavy (non-hydrogen) atoms. The molecule has 0 heterocycles. The third-order valence-corrected chi connectivity index (χ3v) is 24.1. The highest BCUT2D eigenvalue weighted by atomic mass is 15.2. The number of hydrogen-bond donors (Lipinski definition) is 0. The van der Waals surface area contributed by atoms with Gasteiger partial charge in [-0.25, -0.2) is 0 Å². The van der Waals surface area contributed by atoms with Gasteiger partial charge in [0.05, 0.1) is 5.41 Å². The Hall–Kier alpha value is -16.4. The van der Waals surface area contributed by atoms with Crippen LogP contribution in [0.15, 0.2) is 534 Å². The molecule has 0 bridgehead atoms. The van der Waals surface area contributed by atoms with Crippen molar-refractivity contribution in [2.24, 2.45) is 0 Å². The van der Waals surface area contributed by atoms with Crippen molar-refractivity contribution in [3.05, 3.63) is 556 Å². The lowest BCUT2D eigenvalue weighted by atomic mass is 9.67. The lowest BCUT2D eigenvalue weighted by Crippen LogP contribution is -2.28. The van der Waals surface area contributed by atoms with Gasteiger partial charge in [0.1, 0.15) is 0 Å². The van der Waals surface area contributed by atoms with Crippen molar-refractivity contribution in [2.75, 3.05) is 19.6 Å². The van der Waals surface area contributed by atoms with Crippen molar-refractivity contribution in [3.63, 3.8) is 0 Å². The zero-order valence-electron chi connectivity index (χ0n) is 69.1. The van der Waals surface area contributed by atoms with Crippen LogP contribution in [0.1, 0.15) is 22.3 Å². The number of fused-ring (bicyclic) bond motifs is 3. The average molecular weight is 1600 g/mol. The molecule has 0 spiro atoms. The smallest absolute Gasteiger partial charge is 0.0713 e. The molecular weight excluding hydrogens is 1510 g/mol. The molecule has 0 atom stereocenters. The molecule has 20 aromatic carbocycles. The van der Waals surface area contributed by atoms with Crippen LogP contribution < -0.4 is 19.6 Å². The van der Waals surface area contributed by atoms with Crippen molar-refractivity contribution in [1.29, 1.82) is 0 Å². The van der Waals surface area contributed by atoms with E-state index in [-0.39, 0.29) is 0 Å². The molecule has 20 aromatic rings. The van der Waals surface area contributed by atoms with Crippen LogP contribution in [0, 0.1) is 0 Å². The van der Waals surface area contributed by atoms with E-state index in [1.807, 2.05) is 0 Å². The Bertz CT molecular complexity index is 6340. The van der Waals surface area contributed by atoms with Gasteiger partial charge in [-0.2, -0.15) is 0 Å². The summed E-state index contributed by atoms with van der Waals surface area (Å²) in [5, 5.41) is 0. The molecule has 1 aliphatic rings. The van der Waals surface area contributed by atoms with E-state index in [1.54, 1.807) is 0 Å². The lowest BCUT2D eigenvalue weighted by molar-refractivity contribution is 0.768. The molecule has 4 nitrogen and oxygen atoms in total. The molecule has 0 saturated heterocycles. The minimum absolute atomic E-state index is 0.594. The highest BCUT2D eigenvalue weighted by Crippen LogP contribution is 2.57. The fourth-order valence-corrected chi connectivity index (χ4v) is 17.9. The molecule has 0 unspecified atom stereocenters. The first-order valence-corrected chi connectivity index (χ1v) is 42.8. The summed E-state index contributed by atoms with van der Waals surface area (Å²) in [6.07, 6.45) is 0. The van der Waals surface area contributed by atoms with E-state index in [2.05, 4.69) is 553 Å². The van der Waals surface area contributed by atoms with Crippen molar-refractivity contribution in [1.82, 2.24) is 0 Å². The molecule has 1 aliphatic carbocycles. The molecule has 0 saturated carbocycles. The van der Waals surface area contributed by atoms with Crippen molar-refractivity contribution < 1.29 is 0 Å². The van der Waals surface area contributed by atoms with E-state index in [4.69, 9.17) is 0 Å². The van der Waals surface area contributed by atoms with E-state index >= 15 is 0 Å². The van der Waals surface area contributed by atoms with Gasteiger partial charge in [-0.05, 0) is 257 Å². The molecule has 0 aromatic heterocycles. The predicted octanol–water partition coefficient (Wildman–Crippen LogP) is 33.3. The average Bonchev–Trinajstić information content (AvgIpc) is 1.54. The third-order valence-electron chi connectivity index (χ3n) is 24.1. The Kier molecular flexibility index (Phi) is 21.9. The zero-order valence-corrected chi connectivity index (χ0v) is 69.1. The minimum atomic E-state index is -0.594. The summed E-state index contributed by atoms with van der Waals surface area (Å²) in [4.78, 5) is 9.36.